The Morgan fingerprint density at radius 1 is 1.14 bits per heavy atom. The number of hydrogen-bond acceptors (Lipinski definition) is 3. The first-order valence-electron chi connectivity index (χ1n) is 8.16. The Labute approximate surface area is 129 Å². The number of benzene rings is 1. The van der Waals surface area contributed by atoms with Crippen LogP contribution >= 0.6 is 0 Å². The minimum Gasteiger partial charge on any atom is -0.376 e. The maximum Gasteiger partial charge on any atom is 0.0734 e. The predicted octanol–water partition coefficient (Wildman–Crippen LogP) is 3.35. The first-order valence-corrected chi connectivity index (χ1v) is 8.16. The van der Waals surface area contributed by atoms with Gasteiger partial charge in [-0.3, -0.25) is 0 Å². The molecule has 1 fully saturated rings. The predicted molar refractivity (Wildman–Crippen MR) is 86.7 cm³/mol. The van der Waals surface area contributed by atoms with Crippen LogP contribution in [0.3, 0.4) is 0 Å². The van der Waals surface area contributed by atoms with Crippen molar-refractivity contribution in [3.63, 3.8) is 0 Å². The fraction of sp³-hybridized carbons (Fsp3) is 0.667. The summed E-state index contributed by atoms with van der Waals surface area (Å²) in [6, 6.07) is 11.3. The smallest absolute Gasteiger partial charge is 0.0734 e. The third kappa shape index (κ3) is 5.10. The van der Waals surface area contributed by atoms with E-state index in [2.05, 4.69) is 49.5 Å². The summed E-state index contributed by atoms with van der Waals surface area (Å²) in [7, 11) is 2.04. The molecule has 1 aliphatic rings. The fourth-order valence-electron chi connectivity index (χ4n) is 3.15. The molecule has 3 unspecified atom stereocenters. The highest BCUT2D eigenvalue weighted by Crippen LogP contribution is 2.34. The molecule has 0 saturated heterocycles. The van der Waals surface area contributed by atoms with E-state index in [-0.39, 0.29) is 12.2 Å². The van der Waals surface area contributed by atoms with Gasteiger partial charge in [-0.2, -0.15) is 0 Å². The van der Waals surface area contributed by atoms with Crippen molar-refractivity contribution in [2.45, 2.75) is 57.3 Å². The molecule has 0 heterocycles. The van der Waals surface area contributed by atoms with E-state index in [1.807, 2.05) is 7.05 Å². The quantitative estimate of drug-likeness (QED) is 0.782. The van der Waals surface area contributed by atoms with E-state index in [1.165, 1.54) is 18.4 Å². The minimum absolute atomic E-state index is 0.275. The Hall–Kier alpha value is -0.900. The Morgan fingerprint density at radius 2 is 1.90 bits per heavy atom. The zero-order chi connectivity index (χ0) is 15.1. The summed E-state index contributed by atoms with van der Waals surface area (Å²) in [6.07, 6.45) is 4.06. The van der Waals surface area contributed by atoms with Gasteiger partial charge in [0.2, 0.25) is 0 Å². The van der Waals surface area contributed by atoms with Gasteiger partial charge in [0.1, 0.15) is 0 Å². The van der Waals surface area contributed by atoms with Gasteiger partial charge < -0.3 is 14.8 Å². The van der Waals surface area contributed by atoms with Crippen LogP contribution in [0.15, 0.2) is 30.3 Å². The normalized spacial score (nSPS) is 26.2. The zero-order valence-corrected chi connectivity index (χ0v) is 13.5. The summed E-state index contributed by atoms with van der Waals surface area (Å²) in [5.74, 6) is 0.617. The maximum atomic E-state index is 6.10. The van der Waals surface area contributed by atoms with E-state index < -0.39 is 0 Å². The van der Waals surface area contributed by atoms with Gasteiger partial charge >= 0.3 is 0 Å². The van der Waals surface area contributed by atoms with E-state index in [4.69, 9.17) is 9.47 Å². The van der Waals surface area contributed by atoms with Crippen LogP contribution < -0.4 is 5.32 Å². The SMILES string of the molecule is CNC1CCC(c2ccccc2)CC1OCCOC(C)C. The highest BCUT2D eigenvalue weighted by Gasteiger charge is 2.30. The molecule has 21 heavy (non-hydrogen) atoms. The molecule has 1 N–H and O–H groups in total. The molecule has 0 aromatic heterocycles. The Kier molecular flexibility index (Phi) is 6.68. The maximum absolute atomic E-state index is 6.10. The molecule has 1 aliphatic carbocycles. The van der Waals surface area contributed by atoms with E-state index in [1.54, 1.807) is 0 Å². The third-order valence-electron chi connectivity index (χ3n) is 4.30. The molecule has 0 aliphatic heterocycles. The number of likely N-dealkylation sites (N-methyl/N-ethyl adjacent to an activating group) is 1. The van der Waals surface area contributed by atoms with Gasteiger partial charge in [0, 0.05) is 6.04 Å². The first-order chi connectivity index (χ1) is 10.2. The van der Waals surface area contributed by atoms with Crippen LogP contribution in [0.1, 0.15) is 44.6 Å². The van der Waals surface area contributed by atoms with Crippen LogP contribution in [0, 0.1) is 0 Å². The molecule has 0 spiro atoms. The third-order valence-corrected chi connectivity index (χ3v) is 4.30. The Morgan fingerprint density at radius 3 is 2.57 bits per heavy atom. The summed E-state index contributed by atoms with van der Waals surface area (Å²) in [5.41, 5.74) is 1.44. The van der Waals surface area contributed by atoms with Crippen molar-refractivity contribution in [2.24, 2.45) is 0 Å². The Bertz CT molecular complexity index is 393. The van der Waals surface area contributed by atoms with Crippen LogP contribution in [-0.4, -0.2) is 38.5 Å². The monoisotopic (exact) mass is 291 g/mol. The number of hydrogen-bond donors (Lipinski definition) is 1. The topological polar surface area (TPSA) is 30.5 Å². The van der Waals surface area contributed by atoms with Crippen molar-refractivity contribution in [1.29, 1.82) is 0 Å². The van der Waals surface area contributed by atoms with Gasteiger partial charge in [0.25, 0.3) is 0 Å². The van der Waals surface area contributed by atoms with Crippen molar-refractivity contribution in [3.8, 4) is 0 Å². The summed E-state index contributed by atoms with van der Waals surface area (Å²) in [5, 5.41) is 3.41. The molecule has 2 rings (SSSR count). The number of nitrogens with one attached hydrogen (secondary N) is 1. The van der Waals surface area contributed by atoms with Gasteiger partial charge in [0.05, 0.1) is 25.4 Å². The van der Waals surface area contributed by atoms with Crippen LogP contribution in [0.4, 0.5) is 0 Å². The second kappa shape index (κ2) is 8.52. The van der Waals surface area contributed by atoms with Gasteiger partial charge in [-0.1, -0.05) is 30.3 Å². The summed E-state index contributed by atoms with van der Waals surface area (Å²) in [4.78, 5) is 0. The molecule has 0 bridgehead atoms. The van der Waals surface area contributed by atoms with E-state index in [9.17, 15) is 0 Å². The summed E-state index contributed by atoms with van der Waals surface area (Å²) < 4.78 is 11.7. The van der Waals surface area contributed by atoms with Gasteiger partial charge in [-0.25, -0.2) is 0 Å². The minimum atomic E-state index is 0.275. The largest absolute Gasteiger partial charge is 0.376 e. The standard InChI is InChI=1S/C18H29NO2/c1-14(2)20-11-12-21-18-13-16(9-10-17(18)19-3)15-7-5-4-6-8-15/h4-8,14,16-19H,9-13H2,1-3H3. The molecule has 3 nitrogen and oxygen atoms in total. The average molecular weight is 291 g/mol. The molecule has 1 aromatic rings. The van der Waals surface area contributed by atoms with Crippen molar-refractivity contribution >= 4 is 0 Å². The van der Waals surface area contributed by atoms with Crippen molar-refractivity contribution in [3.05, 3.63) is 35.9 Å². The highest BCUT2D eigenvalue weighted by molar-refractivity contribution is 5.20. The van der Waals surface area contributed by atoms with E-state index in [0.717, 1.165) is 6.42 Å². The molecular formula is C18H29NO2. The van der Waals surface area contributed by atoms with Crippen LogP contribution in [0.25, 0.3) is 0 Å². The second-order valence-electron chi connectivity index (χ2n) is 6.14. The highest BCUT2D eigenvalue weighted by atomic mass is 16.5. The molecule has 3 atom stereocenters. The fourth-order valence-corrected chi connectivity index (χ4v) is 3.15. The molecule has 118 valence electrons. The van der Waals surface area contributed by atoms with Crippen LogP contribution in [0.2, 0.25) is 0 Å². The van der Waals surface area contributed by atoms with Gasteiger partial charge in [0.15, 0.2) is 0 Å². The summed E-state index contributed by atoms with van der Waals surface area (Å²) >= 11 is 0. The first kappa shape index (κ1) is 16.5. The lowest BCUT2D eigenvalue weighted by atomic mass is 9.80. The van der Waals surface area contributed by atoms with Gasteiger partial charge in [-0.15, -0.1) is 0 Å². The molecule has 1 aromatic carbocycles. The molecule has 1 saturated carbocycles. The Balaban J connectivity index is 1.87. The van der Waals surface area contributed by atoms with E-state index in [0.29, 0.717) is 25.2 Å². The van der Waals surface area contributed by atoms with E-state index >= 15 is 0 Å². The van der Waals surface area contributed by atoms with Gasteiger partial charge in [-0.05, 0) is 51.6 Å². The van der Waals surface area contributed by atoms with Crippen molar-refractivity contribution in [2.75, 3.05) is 20.3 Å². The van der Waals surface area contributed by atoms with Crippen LogP contribution in [0.5, 0.6) is 0 Å². The summed E-state index contributed by atoms with van der Waals surface area (Å²) in [6.45, 7) is 5.48. The molecule has 0 radical (unpaired) electrons. The molecular weight excluding hydrogens is 262 g/mol. The lowest BCUT2D eigenvalue weighted by molar-refractivity contribution is -0.0387. The lowest BCUT2D eigenvalue weighted by Crippen LogP contribution is -2.44. The van der Waals surface area contributed by atoms with Crippen molar-refractivity contribution < 1.29 is 9.47 Å². The molecule has 3 heteroatoms. The lowest BCUT2D eigenvalue weighted by Gasteiger charge is -2.36. The van der Waals surface area contributed by atoms with Crippen molar-refractivity contribution in [1.82, 2.24) is 5.32 Å². The second-order valence-corrected chi connectivity index (χ2v) is 6.14. The zero-order valence-electron chi connectivity index (χ0n) is 13.5. The average Bonchev–Trinajstić information content (AvgIpc) is 2.52. The number of ether oxygens (including phenoxy) is 2. The van der Waals surface area contributed by atoms with Crippen LogP contribution in [-0.2, 0) is 9.47 Å². The molecule has 0 amide bonds. The number of rotatable bonds is 7.